The molecule has 0 aliphatic heterocycles. The molecule has 0 amide bonds. The average molecular weight is 191 g/mol. The molecule has 4 heteroatoms. The van der Waals surface area contributed by atoms with Crippen LogP contribution in [0, 0.1) is 0 Å². The maximum Gasteiger partial charge on any atom is 0.198 e. The molecule has 74 valence electrons. The van der Waals surface area contributed by atoms with Gasteiger partial charge in [0.05, 0.1) is 11.9 Å². The number of aromatic nitrogens is 2. The van der Waals surface area contributed by atoms with Crippen molar-refractivity contribution in [2.45, 2.75) is 26.2 Å². The van der Waals surface area contributed by atoms with E-state index in [4.69, 9.17) is 10.2 Å². The average Bonchev–Trinajstić information content (AvgIpc) is 2.56. The van der Waals surface area contributed by atoms with Crippen LogP contribution in [0.5, 0.6) is 0 Å². The summed E-state index contributed by atoms with van der Waals surface area (Å²) < 4.78 is 5.50. The number of fused-ring (bicyclic) bond motifs is 1. The number of anilines is 1. The number of rotatable bonds is 3. The van der Waals surface area contributed by atoms with Gasteiger partial charge in [-0.25, -0.2) is 4.98 Å². The number of nitrogen functional groups attached to an aromatic ring is 1. The van der Waals surface area contributed by atoms with E-state index in [0.29, 0.717) is 16.9 Å². The van der Waals surface area contributed by atoms with E-state index in [0.717, 1.165) is 25.2 Å². The lowest BCUT2D eigenvalue weighted by molar-refractivity contribution is 0.518. The monoisotopic (exact) mass is 191 g/mol. The third-order valence-electron chi connectivity index (χ3n) is 2.06. The summed E-state index contributed by atoms with van der Waals surface area (Å²) in [6.07, 6.45) is 4.68. The number of nitrogens with zero attached hydrogens (tertiary/aromatic N) is 2. The normalized spacial score (nSPS) is 10.9. The Morgan fingerprint density at radius 2 is 2.36 bits per heavy atom. The molecule has 0 atom stereocenters. The van der Waals surface area contributed by atoms with Gasteiger partial charge in [0.25, 0.3) is 0 Å². The van der Waals surface area contributed by atoms with Gasteiger partial charge in [-0.3, -0.25) is 0 Å². The van der Waals surface area contributed by atoms with E-state index in [1.165, 1.54) is 0 Å². The Morgan fingerprint density at radius 1 is 1.50 bits per heavy atom. The highest BCUT2D eigenvalue weighted by molar-refractivity contribution is 5.71. The van der Waals surface area contributed by atoms with E-state index in [9.17, 15) is 0 Å². The van der Waals surface area contributed by atoms with Crippen molar-refractivity contribution in [3.8, 4) is 0 Å². The van der Waals surface area contributed by atoms with Crippen LogP contribution >= 0.6 is 0 Å². The summed E-state index contributed by atoms with van der Waals surface area (Å²) in [4.78, 5) is 8.34. The fourth-order valence-corrected chi connectivity index (χ4v) is 1.31. The Morgan fingerprint density at radius 3 is 3.14 bits per heavy atom. The molecule has 4 nitrogen and oxygen atoms in total. The zero-order chi connectivity index (χ0) is 9.97. The molecular formula is C10H13N3O. The van der Waals surface area contributed by atoms with Crippen molar-refractivity contribution in [2.24, 2.45) is 0 Å². The molecule has 2 heterocycles. The van der Waals surface area contributed by atoms with E-state index < -0.39 is 0 Å². The van der Waals surface area contributed by atoms with Crippen LogP contribution in [-0.4, -0.2) is 9.97 Å². The molecular weight excluding hydrogens is 178 g/mol. The van der Waals surface area contributed by atoms with Gasteiger partial charge in [0.15, 0.2) is 17.1 Å². The van der Waals surface area contributed by atoms with Crippen LogP contribution in [0.25, 0.3) is 11.2 Å². The van der Waals surface area contributed by atoms with Gasteiger partial charge in [-0.2, -0.15) is 4.98 Å². The molecule has 2 N–H and O–H groups in total. The molecule has 0 saturated carbocycles. The van der Waals surface area contributed by atoms with Gasteiger partial charge in [0.1, 0.15) is 0 Å². The summed E-state index contributed by atoms with van der Waals surface area (Å²) in [5.41, 5.74) is 7.51. The maximum atomic E-state index is 5.58. The minimum absolute atomic E-state index is 0.607. The molecule has 14 heavy (non-hydrogen) atoms. The van der Waals surface area contributed by atoms with E-state index in [1.807, 2.05) is 0 Å². The first kappa shape index (κ1) is 8.99. The summed E-state index contributed by atoms with van der Waals surface area (Å²) >= 11 is 0. The van der Waals surface area contributed by atoms with Crippen molar-refractivity contribution >= 4 is 16.9 Å². The van der Waals surface area contributed by atoms with Crippen LogP contribution in [0.2, 0.25) is 0 Å². The molecule has 2 aromatic rings. The zero-order valence-corrected chi connectivity index (χ0v) is 8.16. The molecule has 2 rings (SSSR count). The second-order valence-corrected chi connectivity index (χ2v) is 3.30. The van der Waals surface area contributed by atoms with Crippen LogP contribution < -0.4 is 5.73 Å². The minimum Gasteiger partial charge on any atom is -0.439 e. The Kier molecular flexibility index (Phi) is 2.35. The molecule has 0 radical (unpaired) electrons. The number of pyridine rings is 1. The van der Waals surface area contributed by atoms with Crippen molar-refractivity contribution in [1.29, 1.82) is 0 Å². The lowest BCUT2D eigenvalue weighted by Gasteiger charge is -1.89. The quantitative estimate of drug-likeness (QED) is 0.807. The SMILES string of the molecule is CCCCc1nc2ncc(N)cc2o1. The van der Waals surface area contributed by atoms with Gasteiger partial charge in [-0.05, 0) is 6.42 Å². The predicted octanol–water partition coefficient (Wildman–Crippen LogP) is 2.15. The summed E-state index contributed by atoms with van der Waals surface area (Å²) in [5.74, 6) is 0.750. The number of oxazole rings is 1. The lowest BCUT2D eigenvalue weighted by Crippen LogP contribution is -1.85. The fraction of sp³-hybridized carbons (Fsp3) is 0.400. The maximum absolute atomic E-state index is 5.58. The molecule has 0 bridgehead atoms. The zero-order valence-electron chi connectivity index (χ0n) is 8.16. The fourth-order valence-electron chi connectivity index (χ4n) is 1.31. The van der Waals surface area contributed by atoms with Gasteiger partial charge in [0.2, 0.25) is 0 Å². The van der Waals surface area contributed by atoms with E-state index in [1.54, 1.807) is 12.3 Å². The minimum atomic E-state index is 0.607. The van der Waals surface area contributed by atoms with Crippen molar-refractivity contribution in [2.75, 3.05) is 5.73 Å². The van der Waals surface area contributed by atoms with Crippen molar-refractivity contribution in [3.05, 3.63) is 18.2 Å². The highest BCUT2D eigenvalue weighted by atomic mass is 16.3. The Balaban J connectivity index is 2.32. The topological polar surface area (TPSA) is 64.9 Å². The molecule has 0 fully saturated rings. The van der Waals surface area contributed by atoms with Gasteiger partial charge < -0.3 is 10.2 Å². The first-order chi connectivity index (χ1) is 6.79. The highest BCUT2D eigenvalue weighted by Gasteiger charge is 2.05. The standard InChI is InChI=1S/C10H13N3O/c1-2-3-4-9-13-10-8(14-9)5-7(11)6-12-10/h5-6H,2-4,11H2,1H3. The Bertz CT molecular complexity index is 436. The van der Waals surface area contributed by atoms with Crippen molar-refractivity contribution in [3.63, 3.8) is 0 Å². The van der Waals surface area contributed by atoms with Crippen LogP contribution in [0.3, 0.4) is 0 Å². The molecule has 0 aliphatic rings. The number of nitrogens with two attached hydrogens (primary N) is 1. The van der Waals surface area contributed by atoms with E-state index in [2.05, 4.69) is 16.9 Å². The summed E-state index contributed by atoms with van der Waals surface area (Å²) in [6.45, 7) is 2.14. The molecule has 0 unspecified atom stereocenters. The first-order valence-electron chi connectivity index (χ1n) is 4.80. The summed E-state index contributed by atoms with van der Waals surface area (Å²) in [5, 5.41) is 0. The first-order valence-corrected chi connectivity index (χ1v) is 4.80. The molecule has 0 spiro atoms. The number of unbranched alkanes of at least 4 members (excludes halogenated alkanes) is 1. The molecule has 2 aromatic heterocycles. The van der Waals surface area contributed by atoms with Crippen LogP contribution in [0.1, 0.15) is 25.7 Å². The Labute approximate surface area is 82.1 Å². The van der Waals surface area contributed by atoms with Crippen molar-refractivity contribution < 1.29 is 4.42 Å². The largest absolute Gasteiger partial charge is 0.439 e. The number of aryl methyl sites for hydroxylation is 1. The van der Waals surface area contributed by atoms with Crippen LogP contribution in [0.4, 0.5) is 5.69 Å². The third kappa shape index (κ3) is 1.69. The molecule has 0 saturated heterocycles. The summed E-state index contributed by atoms with van der Waals surface area (Å²) in [6, 6.07) is 1.75. The van der Waals surface area contributed by atoms with Crippen LogP contribution in [-0.2, 0) is 6.42 Å². The van der Waals surface area contributed by atoms with Gasteiger partial charge in [-0.1, -0.05) is 13.3 Å². The predicted molar refractivity (Wildman–Crippen MR) is 54.8 cm³/mol. The summed E-state index contributed by atoms with van der Waals surface area (Å²) in [7, 11) is 0. The second-order valence-electron chi connectivity index (χ2n) is 3.30. The lowest BCUT2D eigenvalue weighted by atomic mass is 10.2. The smallest absolute Gasteiger partial charge is 0.198 e. The Hall–Kier alpha value is -1.58. The second kappa shape index (κ2) is 3.65. The van der Waals surface area contributed by atoms with Gasteiger partial charge in [-0.15, -0.1) is 0 Å². The number of hydrogen-bond acceptors (Lipinski definition) is 4. The van der Waals surface area contributed by atoms with Crippen molar-refractivity contribution in [1.82, 2.24) is 9.97 Å². The van der Waals surface area contributed by atoms with E-state index >= 15 is 0 Å². The van der Waals surface area contributed by atoms with Gasteiger partial charge in [0, 0.05) is 12.5 Å². The van der Waals surface area contributed by atoms with Crippen LogP contribution in [0.15, 0.2) is 16.7 Å². The number of hydrogen-bond donors (Lipinski definition) is 1. The molecule has 0 aliphatic carbocycles. The van der Waals surface area contributed by atoms with E-state index in [-0.39, 0.29) is 0 Å². The highest BCUT2D eigenvalue weighted by Crippen LogP contribution is 2.16. The van der Waals surface area contributed by atoms with Gasteiger partial charge >= 0.3 is 0 Å². The third-order valence-corrected chi connectivity index (χ3v) is 2.06. The molecule has 0 aromatic carbocycles.